The fraction of sp³-hybridized carbons (Fsp3) is 0.692. The van der Waals surface area contributed by atoms with Gasteiger partial charge in [-0.2, -0.15) is 0 Å². The van der Waals surface area contributed by atoms with Gasteiger partial charge in [0, 0.05) is 25.0 Å². The van der Waals surface area contributed by atoms with E-state index in [-0.39, 0.29) is 11.7 Å². The number of nitrogens with zero attached hydrogens (tertiary/aromatic N) is 3. The zero-order valence-corrected chi connectivity index (χ0v) is 11.3. The number of hydrogen-bond acceptors (Lipinski definition) is 4. The number of anilines is 1. The SMILES string of the molecule is CCC(CC)c1ncnc(N2CC(NC)C2)c1F. The minimum absolute atomic E-state index is 0.188. The molecule has 1 aliphatic rings. The van der Waals surface area contributed by atoms with E-state index in [4.69, 9.17) is 0 Å². The molecule has 2 heterocycles. The van der Waals surface area contributed by atoms with Gasteiger partial charge >= 0.3 is 0 Å². The molecule has 1 aromatic heterocycles. The van der Waals surface area contributed by atoms with E-state index in [1.807, 2.05) is 11.9 Å². The number of nitrogens with one attached hydrogen (secondary N) is 1. The van der Waals surface area contributed by atoms with Gasteiger partial charge in [-0.25, -0.2) is 14.4 Å². The first-order valence-electron chi connectivity index (χ1n) is 6.63. The highest BCUT2D eigenvalue weighted by atomic mass is 19.1. The van der Waals surface area contributed by atoms with E-state index in [0.717, 1.165) is 25.9 Å². The number of rotatable bonds is 5. The highest BCUT2D eigenvalue weighted by Gasteiger charge is 2.30. The van der Waals surface area contributed by atoms with Crippen molar-refractivity contribution in [1.29, 1.82) is 0 Å². The van der Waals surface area contributed by atoms with Gasteiger partial charge in [0.25, 0.3) is 0 Å². The predicted molar refractivity (Wildman–Crippen MR) is 70.4 cm³/mol. The highest BCUT2D eigenvalue weighted by Crippen LogP contribution is 2.29. The summed E-state index contributed by atoms with van der Waals surface area (Å²) in [6.07, 6.45) is 3.30. The maximum absolute atomic E-state index is 14.4. The van der Waals surface area contributed by atoms with Crippen LogP contribution >= 0.6 is 0 Å². The lowest BCUT2D eigenvalue weighted by molar-refractivity contribution is 0.434. The van der Waals surface area contributed by atoms with Crippen molar-refractivity contribution in [2.45, 2.75) is 38.6 Å². The Morgan fingerprint density at radius 3 is 2.61 bits per heavy atom. The minimum atomic E-state index is -0.235. The molecule has 0 atom stereocenters. The molecular weight excluding hydrogens is 231 g/mol. The molecular formula is C13H21FN4. The van der Waals surface area contributed by atoms with Crippen LogP contribution in [0.2, 0.25) is 0 Å². The van der Waals surface area contributed by atoms with Crippen LogP contribution in [0.25, 0.3) is 0 Å². The molecule has 1 aromatic rings. The largest absolute Gasteiger partial charge is 0.351 e. The van der Waals surface area contributed by atoms with Gasteiger partial charge in [0.05, 0.1) is 5.69 Å². The Bertz CT molecular complexity index is 400. The molecule has 1 fully saturated rings. The lowest BCUT2D eigenvalue weighted by atomic mass is 9.98. The minimum Gasteiger partial charge on any atom is -0.351 e. The summed E-state index contributed by atoms with van der Waals surface area (Å²) >= 11 is 0. The summed E-state index contributed by atoms with van der Waals surface area (Å²) in [5, 5.41) is 3.17. The summed E-state index contributed by atoms with van der Waals surface area (Å²) in [4.78, 5) is 10.2. The Morgan fingerprint density at radius 1 is 1.39 bits per heavy atom. The van der Waals surface area contributed by atoms with Crippen molar-refractivity contribution in [1.82, 2.24) is 15.3 Å². The van der Waals surface area contributed by atoms with Gasteiger partial charge in [0.15, 0.2) is 11.6 Å². The second-order valence-corrected chi connectivity index (χ2v) is 4.80. The molecule has 0 aliphatic carbocycles. The van der Waals surface area contributed by atoms with E-state index in [2.05, 4.69) is 29.1 Å². The van der Waals surface area contributed by atoms with Crippen molar-refractivity contribution in [2.75, 3.05) is 25.0 Å². The smallest absolute Gasteiger partial charge is 0.187 e. The molecule has 0 radical (unpaired) electrons. The van der Waals surface area contributed by atoms with E-state index >= 15 is 0 Å². The first-order chi connectivity index (χ1) is 8.71. The Morgan fingerprint density at radius 2 is 2.06 bits per heavy atom. The molecule has 0 bridgehead atoms. The lowest BCUT2D eigenvalue weighted by Gasteiger charge is -2.40. The van der Waals surface area contributed by atoms with Crippen LogP contribution in [0.5, 0.6) is 0 Å². The maximum atomic E-state index is 14.4. The average molecular weight is 252 g/mol. The van der Waals surface area contributed by atoms with Crippen LogP contribution in [-0.4, -0.2) is 36.1 Å². The molecule has 1 N–H and O–H groups in total. The molecule has 5 heteroatoms. The molecule has 100 valence electrons. The highest BCUT2D eigenvalue weighted by molar-refractivity contribution is 5.45. The molecule has 18 heavy (non-hydrogen) atoms. The summed E-state index contributed by atoms with van der Waals surface area (Å²) in [7, 11) is 1.92. The van der Waals surface area contributed by atoms with E-state index in [0.29, 0.717) is 17.6 Å². The maximum Gasteiger partial charge on any atom is 0.187 e. The van der Waals surface area contributed by atoms with Crippen molar-refractivity contribution in [2.24, 2.45) is 0 Å². The van der Waals surface area contributed by atoms with Crippen LogP contribution in [0.4, 0.5) is 10.2 Å². The Labute approximate surface area is 108 Å². The quantitative estimate of drug-likeness (QED) is 0.869. The second kappa shape index (κ2) is 5.61. The number of halogens is 1. The van der Waals surface area contributed by atoms with Gasteiger partial charge in [-0.1, -0.05) is 13.8 Å². The molecule has 2 rings (SSSR count). The van der Waals surface area contributed by atoms with Crippen molar-refractivity contribution in [3.63, 3.8) is 0 Å². The van der Waals surface area contributed by atoms with Crippen LogP contribution < -0.4 is 10.2 Å². The summed E-state index contributed by atoms with van der Waals surface area (Å²) in [6, 6.07) is 0.441. The first-order valence-corrected chi connectivity index (χ1v) is 6.63. The van der Waals surface area contributed by atoms with Crippen LogP contribution in [-0.2, 0) is 0 Å². The summed E-state index contributed by atoms with van der Waals surface area (Å²) in [5.74, 6) is 0.410. The van der Waals surface area contributed by atoms with Gasteiger partial charge in [-0.15, -0.1) is 0 Å². The van der Waals surface area contributed by atoms with Gasteiger partial charge in [-0.05, 0) is 19.9 Å². The van der Waals surface area contributed by atoms with Gasteiger partial charge in [-0.3, -0.25) is 0 Å². The molecule has 1 aliphatic heterocycles. The zero-order chi connectivity index (χ0) is 13.1. The third-order valence-electron chi connectivity index (χ3n) is 3.76. The number of hydrogen-bond donors (Lipinski definition) is 1. The van der Waals surface area contributed by atoms with Crippen molar-refractivity contribution >= 4 is 5.82 Å². The molecule has 0 unspecified atom stereocenters. The number of aromatic nitrogens is 2. The first kappa shape index (κ1) is 13.2. The van der Waals surface area contributed by atoms with E-state index in [9.17, 15) is 4.39 Å². The standard InChI is InChI=1S/C13H21FN4/c1-4-9(5-2)12-11(14)13(17-8-16-12)18-6-10(7-18)15-3/h8-10,15H,4-7H2,1-3H3. The number of likely N-dealkylation sites (N-methyl/N-ethyl adjacent to an activating group) is 1. The molecule has 0 spiro atoms. The predicted octanol–water partition coefficient (Wildman–Crippen LogP) is 1.93. The Kier molecular flexibility index (Phi) is 4.11. The van der Waals surface area contributed by atoms with Crippen molar-refractivity contribution in [3.8, 4) is 0 Å². The van der Waals surface area contributed by atoms with Crippen LogP contribution in [0, 0.1) is 5.82 Å². The second-order valence-electron chi connectivity index (χ2n) is 4.80. The normalized spacial score (nSPS) is 16.2. The Balaban J connectivity index is 2.20. The monoisotopic (exact) mass is 252 g/mol. The van der Waals surface area contributed by atoms with Crippen LogP contribution in [0.3, 0.4) is 0 Å². The zero-order valence-electron chi connectivity index (χ0n) is 11.3. The van der Waals surface area contributed by atoms with E-state index < -0.39 is 0 Å². The molecule has 4 nitrogen and oxygen atoms in total. The molecule has 0 saturated carbocycles. The fourth-order valence-electron chi connectivity index (χ4n) is 2.39. The van der Waals surface area contributed by atoms with E-state index in [1.54, 1.807) is 0 Å². The van der Waals surface area contributed by atoms with Gasteiger partial charge < -0.3 is 10.2 Å². The van der Waals surface area contributed by atoms with Crippen LogP contribution in [0.15, 0.2) is 6.33 Å². The van der Waals surface area contributed by atoms with E-state index in [1.165, 1.54) is 6.33 Å². The van der Waals surface area contributed by atoms with Crippen molar-refractivity contribution in [3.05, 3.63) is 17.8 Å². The summed E-state index contributed by atoms with van der Waals surface area (Å²) in [6.45, 7) is 5.76. The van der Waals surface area contributed by atoms with Crippen molar-refractivity contribution < 1.29 is 4.39 Å². The Hall–Kier alpha value is -1.23. The summed E-state index contributed by atoms with van der Waals surface area (Å²) in [5.41, 5.74) is 0.568. The topological polar surface area (TPSA) is 41.1 Å². The molecule has 1 saturated heterocycles. The lowest BCUT2D eigenvalue weighted by Crippen LogP contribution is -2.57. The summed E-state index contributed by atoms with van der Waals surface area (Å²) < 4.78 is 14.4. The van der Waals surface area contributed by atoms with Gasteiger partial charge in [0.2, 0.25) is 0 Å². The van der Waals surface area contributed by atoms with Gasteiger partial charge in [0.1, 0.15) is 6.33 Å². The molecule has 0 amide bonds. The van der Waals surface area contributed by atoms with Crippen LogP contribution in [0.1, 0.15) is 38.3 Å². The third kappa shape index (κ3) is 2.32. The molecule has 0 aromatic carbocycles. The fourth-order valence-corrected chi connectivity index (χ4v) is 2.39. The third-order valence-corrected chi connectivity index (χ3v) is 3.76. The average Bonchev–Trinajstić information content (AvgIpc) is 2.33.